The Bertz CT molecular complexity index is 345. The molecule has 0 bridgehead atoms. The zero-order valence-electron chi connectivity index (χ0n) is 11.5. The Morgan fingerprint density at radius 1 is 1.11 bits per heavy atom. The number of likely N-dealkylation sites (N-methyl/N-ethyl adjacent to an activating group) is 1. The van der Waals surface area contributed by atoms with Crippen LogP contribution in [0.2, 0.25) is 0 Å². The number of rotatable bonds is 7. The molecule has 1 aromatic rings. The second-order valence-corrected chi connectivity index (χ2v) is 4.88. The molecular formula is C15H23F2N. The summed E-state index contributed by atoms with van der Waals surface area (Å²) in [5.74, 6) is -0.407. The highest BCUT2D eigenvalue weighted by atomic mass is 19.1. The molecule has 0 aliphatic carbocycles. The SMILES string of the molecule is CCCC(C)C(CNCC)c1cc(F)cc(F)c1. The lowest BCUT2D eigenvalue weighted by molar-refractivity contribution is 0.404. The first-order valence-electron chi connectivity index (χ1n) is 6.75. The largest absolute Gasteiger partial charge is 0.316 e. The fourth-order valence-electron chi connectivity index (χ4n) is 2.39. The summed E-state index contributed by atoms with van der Waals surface area (Å²) in [4.78, 5) is 0. The van der Waals surface area contributed by atoms with Crippen molar-refractivity contribution >= 4 is 0 Å². The number of hydrogen-bond acceptors (Lipinski definition) is 1. The Balaban J connectivity index is 2.92. The van der Waals surface area contributed by atoms with Gasteiger partial charge < -0.3 is 5.32 Å². The second-order valence-electron chi connectivity index (χ2n) is 4.88. The molecular weight excluding hydrogens is 232 g/mol. The predicted octanol–water partition coefficient (Wildman–Crippen LogP) is 4.09. The van der Waals surface area contributed by atoms with Crippen LogP contribution < -0.4 is 5.32 Å². The van der Waals surface area contributed by atoms with Gasteiger partial charge in [0.15, 0.2) is 0 Å². The van der Waals surface area contributed by atoms with Crippen molar-refractivity contribution < 1.29 is 8.78 Å². The lowest BCUT2D eigenvalue weighted by atomic mass is 9.84. The van der Waals surface area contributed by atoms with Gasteiger partial charge in [0.25, 0.3) is 0 Å². The third-order valence-electron chi connectivity index (χ3n) is 3.36. The third-order valence-corrected chi connectivity index (χ3v) is 3.36. The molecule has 0 aromatic heterocycles. The van der Waals surface area contributed by atoms with Crippen molar-refractivity contribution in [1.82, 2.24) is 5.32 Å². The first-order chi connectivity index (χ1) is 8.58. The van der Waals surface area contributed by atoms with E-state index in [-0.39, 0.29) is 5.92 Å². The minimum Gasteiger partial charge on any atom is -0.316 e. The Hall–Kier alpha value is -0.960. The minimum absolute atomic E-state index is 0.162. The number of hydrogen-bond donors (Lipinski definition) is 1. The summed E-state index contributed by atoms with van der Waals surface area (Å²) >= 11 is 0. The quantitative estimate of drug-likeness (QED) is 0.773. The zero-order chi connectivity index (χ0) is 13.5. The number of benzene rings is 1. The lowest BCUT2D eigenvalue weighted by Gasteiger charge is -2.24. The summed E-state index contributed by atoms with van der Waals surface area (Å²) in [6, 6.07) is 3.84. The summed E-state index contributed by atoms with van der Waals surface area (Å²) < 4.78 is 26.6. The van der Waals surface area contributed by atoms with E-state index in [1.165, 1.54) is 12.1 Å². The Morgan fingerprint density at radius 3 is 2.22 bits per heavy atom. The highest BCUT2D eigenvalue weighted by Crippen LogP contribution is 2.28. The molecule has 1 nitrogen and oxygen atoms in total. The van der Waals surface area contributed by atoms with Crippen molar-refractivity contribution in [2.75, 3.05) is 13.1 Å². The second kappa shape index (κ2) is 7.47. The van der Waals surface area contributed by atoms with Gasteiger partial charge in [-0.1, -0.05) is 33.6 Å². The van der Waals surface area contributed by atoms with Crippen LogP contribution >= 0.6 is 0 Å². The highest BCUT2D eigenvalue weighted by Gasteiger charge is 2.19. The summed E-state index contributed by atoms with van der Waals surface area (Å²) in [7, 11) is 0. The number of nitrogens with one attached hydrogen (secondary N) is 1. The average molecular weight is 255 g/mol. The average Bonchev–Trinajstić information content (AvgIpc) is 2.28. The summed E-state index contributed by atoms with van der Waals surface area (Å²) in [6.45, 7) is 7.95. The van der Waals surface area contributed by atoms with Crippen molar-refractivity contribution in [1.29, 1.82) is 0 Å². The summed E-state index contributed by atoms with van der Waals surface area (Å²) in [6.07, 6.45) is 2.15. The molecule has 1 rings (SSSR count). The first-order valence-corrected chi connectivity index (χ1v) is 6.75. The lowest BCUT2D eigenvalue weighted by Crippen LogP contribution is -2.25. The van der Waals surface area contributed by atoms with Crippen LogP contribution in [-0.4, -0.2) is 13.1 Å². The van der Waals surface area contributed by atoms with E-state index in [1.807, 2.05) is 6.92 Å². The molecule has 3 heteroatoms. The van der Waals surface area contributed by atoms with Gasteiger partial charge in [-0.3, -0.25) is 0 Å². The molecule has 2 atom stereocenters. The van der Waals surface area contributed by atoms with Crippen LogP contribution in [0.4, 0.5) is 8.78 Å². The van der Waals surface area contributed by atoms with Crippen molar-refractivity contribution in [3.05, 3.63) is 35.4 Å². The molecule has 102 valence electrons. The van der Waals surface area contributed by atoms with Gasteiger partial charge in [-0.15, -0.1) is 0 Å². The van der Waals surface area contributed by atoms with Crippen LogP contribution in [0, 0.1) is 17.6 Å². The van der Waals surface area contributed by atoms with E-state index in [0.717, 1.165) is 37.6 Å². The van der Waals surface area contributed by atoms with Gasteiger partial charge in [0.1, 0.15) is 11.6 Å². The topological polar surface area (TPSA) is 12.0 Å². The van der Waals surface area contributed by atoms with Gasteiger partial charge in [-0.25, -0.2) is 8.78 Å². The third kappa shape index (κ3) is 4.37. The van der Waals surface area contributed by atoms with Crippen LogP contribution in [-0.2, 0) is 0 Å². The van der Waals surface area contributed by atoms with E-state index < -0.39 is 11.6 Å². The van der Waals surface area contributed by atoms with Crippen LogP contribution in [0.1, 0.15) is 45.1 Å². The van der Waals surface area contributed by atoms with Crippen molar-refractivity contribution in [2.24, 2.45) is 5.92 Å². The van der Waals surface area contributed by atoms with Crippen LogP contribution in [0.5, 0.6) is 0 Å². The zero-order valence-corrected chi connectivity index (χ0v) is 11.5. The monoisotopic (exact) mass is 255 g/mol. The highest BCUT2D eigenvalue weighted by molar-refractivity contribution is 5.23. The van der Waals surface area contributed by atoms with Crippen molar-refractivity contribution in [3.8, 4) is 0 Å². The van der Waals surface area contributed by atoms with E-state index in [0.29, 0.717) is 5.92 Å². The van der Waals surface area contributed by atoms with Crippen molar-refractivity contribution in [3.63, 3.8) is 0 Å². The maximum Gasteiger partial charge on any atom is 0.126 e. The van der Waals surface area contributed by atoms with Gasteiger partial charge in [0, 0.05) is 12.6 Å². The van der Waals surface area contributed by atoms with Crippen LogP contribution in [0.15, 0.2) is 18.2 Å². The molecule has 18 heavy (non-hydrogen) atoms. The molecule has 0 saturated heterocycles. The molecule has 0 fully saturated rings. The van der Waals surface area contributed by atoms with E-state index in [2.05, 4.69) is 19.2 Å². The molecule has 0 radical (unpaired) electrons. The molecule has 1 aromatic carbocycles. The van der Waals surface area contributed by atoms with E-state index in [9.17, 15) is 8.78 Å². The first kappa shape index (κ1) is 15.1. The Kier molecular flexibility index (Phi) is 6.27. The fraction of sp³-hybridized carbons (Fsp3) is 0.600. The Morgan fingerprint density at radius 2 is 1.72 bits per heavy atom. The normalized spacial score (nSPS) is 14.5. The van der Waals surface area contributed by atoms with Gasteiger partial charge >= 0.3 is 0 Å². The predicted molar refractivity (Wildman–Crippen MR) is 71.7 cm³/mol. The van der Waals surface area contributed by atoms with E-state index in [1.54, 1.807) is 0 Å². The van der Waals surface area contributed by atoms with Gasteiger partial charge in [-0.05, 0) is 36.1 Å². The fourth-order valence-corrected chi connectivity index (χ4v) is 2.39. The molecule has 2 unspecified atom stereocenters. The van der Waals surface area contributed by atoms with Crippen LogP contribution in [0.3, 0.4) is 0 Å². The molecule has 0 amide bonds. The summed E-state index contributed by atoms with van der Waals surface area (Å²) in [5.41, 5.74) is 0.759. The Labute approximate surface area is 109 Å². The summed E-state index contributed by atoms with van der Waals surface area (Å²) in [5, 5.41) is 3.28. The molecule has 0 aliphatic heterocycles. The van der Waals surface area contributed by atoms with E-state index in [4.69, 9.17) is 0 Å². The van der Waals surface area contributed by atoms with Gasteiger partial charge in [0.2, 0.25) is 0 Å². The number of halogens is 2. The molecule has 0 spiro atoms. The molecule has 0 saturated carbocycles. The van der Waals surface area contributed by atoms with Gasteiger partial charge in [-0.2, -0.15) is 0 Å². The van der Waals surface area contributed by atoms with Gasteiger partial charge in [0.05, 0.1) is 0 Å². The van der Waals surface area contributed by atoms with Crippen LogP contribution in [0.25, 0.3) is 0 Å². The van der Waals surface area contributed by atoms with Crippen molar-refractivity contribution in [2.45, 2.75) is 39.5 Å². The standard InChI is InChI=1S/C15H23F2N/c1-4-6-11(3)15(10-18-5-2)12-7-13(16)9-14(17)8-12/h7-9,11,15,18H,4-6,10H2,1-3H3. The van der Waals surface area contributed by atoms with E-state index >= 15 is 0 Å². The smallest absolute Gasteiger partial charge is 0.126 e. The molecule has 0 heterocycles. The maximum absolute atomic E-state index is 13.3. The minimum atomic E-state index is -0.491. The molecule has 1 N–H and O–H groups in total. The maximum atomic E-state index is 13.3. The molecule has 0 aliphatic rings.